The molecule has 90 valence electrons. The van der Waals surface area contributed by atoms with E-state index < -0.39 is 0 Å². The number of aromatic amines is 1. The number of nitrogens with zero attached hydrogens (tertiary/aromatic N) is 1. The zero-order valence-corrected chi connectivity index (χ0v) is 10.2. The molecule has 0 saturated carbocycles. The summed E-state index contributed by atoms with van der Waals surface area (Å²) in [5.74, 6) is 0.997. The monoisotopic (exact) mass is 229 g/mol. The van der Waals surface area contributed by atoms with Crippen molar-refractivity contribution in [2.45, 2.75) is 32.4 Å². The Morgan fingerprint density at radius 1 is 1.29 bits per heavy atom. The van der Waals surface area contributed by atoms with Gasteiger partial charge < -0.3 is 10.3 Å². The van der Waals surface area contributed by atoms with Crippen LogP contribution in [0.4, 0.5) is 0 Å². The molecule has 2 rings (SSSR count). The quantitative estimate of drug-likeness (QED) is 0.799. The summed E-state index contributed by atoms with van der Waals surface area (Å²) in [7, 11) is 0. The molecular formula is C14H19N3. The van der Waals surface area contributed by atoms with E-state index in [0.717, 1.165) is 25.2 Å². The normalized spacial score (nSPS) is 12.5. The van der Waals surface area contributed by atoms with Crippen molar-refractivity contribution in [2.24, 2.45) is 0 Å². The van der Waals surface area contributed by atoms with Crippen molar-refractivity contribution in [1.29, 1.82) is 0 Å². The first kappa shape index (κ1) is 11.9. The molecule has 2 aromatic rings. The molecule has 1 aromatic carbocycles. The molecule has 1 aromatic heterocycles. The van der Waals surface area contributed by atoms with Crippen LogP contribution in [0.3, 0.4) is 0 Å². The van der Waals surface area contributed by atoms with Gasteiger partial charge in [0.25, 0.3) is 0 Å². The third-order valence-electron chi connectivity index (χ3n) is 2.93. The van der Waals surface area contributed by atoms with Crippen molar-refractivity contribution in [2.75, 3.05) is 0 Å². The lowest BCUT2D eigenvalue weighted by Gasteiger charge is -2.16. The molecule has 0 bridgehead atoms. The highest BCUT2D eigenvalue weighted by molar-refractivity contribution is 5.15. The van der Waals surface area contributed by atoms with Gasteiger partial charge in [-0.1, -0.05) is 37.3 Å². The van der Waals surface area contributed by atoms with Gasteiger partial charge in [-0.15, -0.1) is 0 Å². The minimum atomic E-state index is 0.502. The molecule has 1 heterocycles. The van der Waals surface area contributed by atoms with Gasteiger partial charge in [0.05, 0.1) is 6.54 Å². The smallest absolute Gasteiger partial charge is 0.120 e. The Balaban J connectivity index is 1.85. The maximum Gasteiger partial charge on any atom is 0.120 e. The highest BCUT2D eigenvalue weighted by Gasteiger charge is 2.07. The third-order valence-corrected chi connectivity index (χ3v) is 2.93. The van der Waals surface area contributed by atoms with Crippen LogP contribution in [0.15, 0.2) is 42.7 Å². The number of H-pyrrole nitrogens is 1. The van der Waals surface area contributed by atoms with E-state index in [-0.39, 0.29) is 0 Å². The van der Waals surface area contributed by atoms with E-state index in [1.807, 2.05) is 6.20 Å². The molecular weight excluding hydrogens is 210 g/mol. The van der Waals surface area contributed by atoms with Gasteiger partial charge in [0.2, 0.25) is 0 Å². The fourth-order valence-corrected chi connectivity index (χ4v) is 1.90. The largest absolute Gasteiger partial charge is 0.348 e. The van der Waals surface area contributed by atoms with Gasteiger partial charge in [-0.05, 0) is 18.4 Å². The van der Waals surface area contributed by atoms with Crippen LogP contribution in [0.5, 0.6) is 0 Å². The molecule has 17 heavy (non-hydrogen) atoms. The van der Waals surface area contributed by atoms with Gasteiger partial charge in [0.1, 0.15) is 5.82 Å². The van der Waals surface area contributed by atoms with Crippen LogP contribution in [0.1, 0.15) is 24.7 Å². The molecule has 0 aliphatic heterocycles. The first-order chi connectivity index (χ1) is 8.38. The predicted octanol–water partition coefficient (Wildman–Crippen LogP) is 2.52. The van der Waals surface area contributed by atoms with Crippen molar-refractivity contribution < 1.29 is 0 Å². The average Bonchev–Trinajstić information content (AvgIpc) is 2.89. The second kappa shape index (κ2) is 6.21. The Kier molecular flexibility index (Phi) is 4.33. The molecule has 0 aliphatic carbocycles. The number of nitrogens with one attached hydrogen (secondary N) is 2. The molecule has 0 radical (unpaired) electrons. The molecule has 3 nitrogen and oxygen atoms in total. The van der Waals surface area contributed by atoms with Gasteiger partial charge in [-0.25, -0.2) is 4.98 Å². The van der Waals surface area contributed by atoms with Crippen LogP contribution in [-0.2, 0) is 13.0 Å². The lowest BCUT2D eigenvalue weighted by Crippen LogP contribution is -2.30. The topological polar surface area (TPSA) is 40.7 Å². The number of hydrogen-bond donors (Lipinski definition) is 2. The summed E-state index contributed by atoms with van der Waals surface area (Å²) < 4.78 is 0. The van der Waals surface area contributed by atoms with Crippen molar-refractivity contribution in [3.63, 3.8) is 0 Å². The summed E-state index contributed by atoms with van der Waals surface area (Å²) in [6, 6.07) is 11.1. The first-order valence-corrected chi connectivity index (χ1v) is 6.14. The summed E-state index contributed by atoms with van der Waals surface area (Å²) >= 11 is 0. The fourth-order valence-electron chi connectivity index (χ4n) is 1.90. The summed E-state index contributed by atoms with van der Waals surface area (Å²) in [5.41, 5.74) is 1.38. The molecule has 0 spiro atoms. The minimum Gasteiger partial charge on any atom is -0.348 e. The second-order valence-electron chi connectivity index (χ2n) is 4.21. The number of imidazole rings is 1. The summed E-state index contributed by atoms with van der Waals surface area (Å²) in [6.07, 6.45) is 5.83. The van der Waals surface area contributed by atoms with E-state index in [2.05, 4.69) is 52.5 Å². The van der Waals surface area contributed by atoms with E-state index in [9.17, 15) is 0 Å². The van der Waals surface area contributed by atoms with Gasteiger partial charge in [-0.3, -0.25) is 0 Å². The Labute approximate surface area is 102 Å². The standard InChI is InChI=1S/C14H19N3/c1-2-13(10-12-6-4-3-5-7-12)17-11-14-15-8-9-16-14/h3-9,13,17H,2,10-11H2,1H3,(H,15,16). The molecule has 0 aliphatic rings. The SMILES string of the molecule is CCC(Cc1ccccc1)NCc1ncc[nH]1. The van der Waals surface area contributed by atoms with E-state index in [4.69, 9.17) is 0 Å². The maximum atomic E-state index is 4.21. The summed E-state index contributed by atoms with van der Waals surface area (Å²) in [5, 5.41) is 3.53. The predicted molar refractivity (Wildman–Crippen MR) is 69.7 cm³/mol. The maximum absolute atomic E-state index is 4.21. The number of rotatable bonds is 6. The molecule has 0 fully saturated rings. The molecule has 0 amide bonds. The highest BCUT2D eigenvalue weighted by Crippen LogP contribution is 2.06. The highest BCUT2D eigenvalue weighted by atomic mass is 15.0. The first-order valence-electron chi connectivity index (χ1n) is 6.14. The van der Waals surface area contributed by atoms with Crippen LogP contribution in [0.25, 0.3) is 0 Å². The van der Waals surface area contributed by atoms with E-state index in [0.29, 0.717) is 6.04 Å². The zero-order chi connectivity index (χ0) is 11.9. The van der Waals surface area contributed by atoms with Crippen LogP contribution in [0, 0.1) is 0 Å². The van der Waals surface area contributed by atoms with Crippen molar-refractivity contribution >= 4 is 0 Å². The molecule has 1 atom stereocenters. The number of hydrogen-bond acceptors (Lipinski definition) is 2. The van der Waals surface area contributed by atoms with Gasteiger partial charge in [0.15, 0.2) is 0 Å². The lowest BCUT2D eigenvalue weighted by atomic mass is 10.0. The number of aromatic nitrogens is 2. The van der Waals surface area contributed by atoms with E-state index >= 15 is 0 Å². The average molecular weight is 229 g/mol. The van der Waals surface area contributed by atoms with Gasteiger partial charge in [0, 0.05) is 18.4 Å². The van der Waals surface area contributed by atoms with Crippen LogP contribution in [0.2, 0.25) is 0 Å². The Bertz CT molecular complexity index is 408. The molecule has 1 unspecified atom stereocenters. The van der Waals surface area contributed by atoms with Crippen molar-refractivity contribution in [1.82, 2.24) is 15.3 Å². The lowest BCUT2D eigenvalue weighted by molar-refractivity contribution is 0.487. The Morgan fingerprint density at radius 3 is 2.76 bits per heavy atom. The van der Waals surface area contributed by atoms with Gasteiger partial charge >= 0.3 is 0 Å². The second-order valence-corrected chi connectivity index (χ2v) is 4.21. The van der Waals surface area contributed by atoms with E-state index in [1.165, 1.54) is 5.56 Å². The fraction of sp³-hybridized carbons (Fsp3) is 0.357. The Hall–Kier alpha value is -1.61. The number of benzene rings is 1. The zero-order valence-electron chi connectivity index (χ0n) is 10.2. The van der Waals surface area contributed by atoms with Crippen molar-refractivity contribution in [3.8, 4) is 0 Å². The summed E-state index contributed by atoms with van der Waals surface area (Å²) in [4.78, 5) is 7.32. The van der Waals surface area contributed by atoms with Crippen molar-refractivity contribution in [3.05, 3.63) is 54.1 Å². The molecule has 3 heteroatoms. The van der Waals surface area contributed by atoms with Crippen LogP contribution >= 0.6 is 0 Å². The summed E-state index contributed by atoms with van der Waals surface area (Å²) in [6.45, 7) is 3.01. The van der Waals surface area contributed by atoms with Gasteiger partial charge in [-0.2, -0.15) is 0 Å². The third kappa shape index (κ3) is 3.71. The van der Waals surface area contributed by atoms with Crippen LogP contribution < -0.4 is 5.32 Å². The minimum absolute atomic E-state index is 0.502. The van der Waals surface area contributed by atoms with E-state index in [1.54, 1.807) is 6.20 Å². The molecule has 0 saturated heterocycles. The Morgan fingerprint density at radius 2 is 2.12 bits per heavy atom. The molecule has 2 N–H and O–H groups in total. The van der Waals surface area contributed by atoms with Crippen LogP contribution in [-0.4, -0.2) is 16.0 Å².